The third kappa shape index (κ3) is 3.85. The van der Waals surface area contributed by atoms with Crippen LogP contribution in [0.25, 0.3) is 10.9 Å². The summed E-state index contributed by atoms with van der Waals surface area (Å²) in [5.74, 6) is -0.0142. The number of carbonyl (C=O) groups is 1. The van der Waals surface area contributed by atoms with Crippen LogP contribution in [0.4, 0.5) is 0 Å². The molecule has 0 aliphatic carbocycles. The number of fused-ring (bicyclic) bond motifs is 1. The molecular formula is C17H23ClN4O. The van der Waals surface area contributed by atoms with Crippen molar-refractivity contribution in [3.05, 3.63) is 29.4 Å². The van der Waals surface area contributed by atoms with Crippen LogP contribution in [0.1, 0.15) is 26.2 Å². The number of nitrogens with one attached hydrogen (secondary N) is 1. The largest absolute Gasteiger partial charge is 0.353 e. The topological polar surface area (TPSA) is 50.2 Å². The summed E-state index contributed by atoms with van der Waals surface area (Å²) in [6, 6.07) is 6.25. The minimum Gasteiger partial charge on any atom is -0.353 e. The summed E-state index contributed by atoms with van der Waals surface area (Å²) in [7, 11) is 0. The van der Waals surface area contributed by atoms with Gasteiger partial charge >= 0.3 is 0 Å². The van der Waals surface area contributed by atoms with E-state index in [1.54, 1.807) is 10.9 Å². The van der Waals surface area contributed by atoms with Gasteiger partial charge in [-0.05, 0) is 38.4 Å². The second-order valence-electron chi connectivity index (χ2n) is 6.21. The van der Waals surface area contributed by atoms with E-state index in [-0.39, 0.29) is 12.5 Å². The van der Waals surface area contributed by atoms with E-state index in [2.05, 4.69) is 22.2 Å². The Morgan fingerprint density at radius 1 is 1.43 bits per heavy atom. The summed E-state index contributed by atoms with van der Waals surface area (Å²) < 4.78 is 1.69. The third-order valence-corrected chi connectivity index (χ3v) is 4.92. The van der Waals surface area contributed by atoms with Crippen molar-refractivity contribution in [3.63, 3.8) is 0 Å². The maximum atomic E-state index is 12.1. The highest BCUT2D eigenvalue weighted by atomic mass is 35.5. The molecule has 3 rings (SSSR count). The van der Waals surface area contributed by atoms with E-state index in [0.717, 1.165) is 24.0 Å². The van der Waals surface area contributed by atoms with E-state index in [1.165, 1.54) is 19.3 Å². The molecule has 5 nitrogen and oxygen atoms in total. The van der Waals surface area contributed by atoms with Gasteiger partial charge in [-0.3, -0.25) is 14.4 Å². The van der Waals surface area contributed by atoms with Crippen molar-refractivity contribution >= 4 is 28.4 Å². The molecular weight excluding hydrogens is 312 g/mol. The highest BCUT2D eigenvalue weighted by Gasteiger charge is 2.17. The van der Waals surface area contributed by atoms with Crippen LogP contribution in [0.3, 0.4) is 0 Å². The van der Waals surface area contributed by atoms with E-state index >= 15 is 0 Å². The number of halogens is 1. The summed E-state index contributed by atoms with van der Waals surface area (Å²) >= 11 is 6.13. The molecule has 0 radical (unpaired) electrons. The summed E-state index contributed by atoms with van der Waals surface area (Å²) in [6.45, 7) is 5.22. The van der Waals surface area contributed by atoms with E-state index in [4.69, 9.17) is 11.6 Å². The smallest absolute Gasteiger partial charge is 0.241 e. The van der Waals surface area contributed by atoms with Gasteiger partial charge in [-0.1, -0.05) is 24.1 Å². The Morgan fingerprint density at radius 3 is 3.13 bits per heavy atom. The molecule has 6 heteroatoms. The average molecular weight is 335 g/mol. The van der Waals surface area contributed by atoms with E-state index in [9.17, 15) is 4.79 Å². The van der Waals surface area contributed by atoms with Crippen molar-refractivity contribution in [1.82, 2.24) is 20.0 Å². The first-order valence-electron chi connectivity index (χ1n) is 8.26. The average Bonchev–Trinajstić information content (AvgIpc) is 2.94. The van der Waals surface area contributed by atoms with Crippen molar-refractivity contribution < 1.29 is 4.79 Å². The van der Waals surface area contributed by atoms with Gasteiger partial charge in [-0.25, -0.2) is 0 Å². The molecule has 1 amide bonds. The number of piperidine rings is 1. The molecule has 1 saturated heterocycles. The number of rotatable bonds is 5. The van der Waals surface area contributed by atoms with Crippen LogP contribution in [-0.2, 0) is 11.3 Å². The van der Waals surface area contributed by atoms with E-state index in [0.29, 0.717) is 17.6 Å². The molecule has 1 aromatic heterocycles. The highest BCUT2D eigenvalue weighted by molar-refractivity contribution is 6.35. The summed E-state index contributed by atoms with van der Waals surface area (Å²) in [5.41, 5.74) is 0.886. The first-order valence-corrected chi connectivity index (χ1v) is 8.64. The lowest BCUT2D eigenvalue weighted by Crippen LogP contribution is -2.42. The molecule has 1 atom stereocenters. The maximum Gasteiger partial charge on any atom is 0.241 e. The molecule has 1 unspecified atom stereocenters. The number of amides is 1. The van der Waals surface area contributed by atoms with Crippen LogP contribution < -0.4 is 5.32 Å². The summed E-state index contributed by atoms with van der Waals surface area (Å²) in [6.07, 6.45) is 5.55. The number of hydrogen-bond acceptors (Lipinski definition) is 3. The summed E-state index contributed by atoms with van der Waals surface area (Å²) in [4.78, 5) is 14.6. The van der Waals surface area contributed by atoms with Gasteiger partial charge in [0.15, 0.2) is 0 Å². The second-order valence-corrected chi connectivity index (χ2v) is 6.61. The predicted octanol–water partition coefficient (Wildman–Crippen LogP) is 2.68. The number of likely N-dealkylation sites (tertiary alicyclic amines) is 1. The first kappa shape index (κ1) is 16.3. The van der Waals surface area contributed by atoms with Gasteiger partial charge in [-0.15, -0.1) is 0 Å². The molecule has 1 aliphatic rings. The van der Waals surface area contributed by atoms with Crippen molar-refractivity contribution in [2.24, 2.45) is 0 Å². The monoisotopic (exact) mass is 334 g/mol. The van der Waals surface area contributed by atoms with Crippen LogP contribution in [0.15, 0.2) is 24.4 Å². The molecule has 0 spiro atoms. The molecule has 1 aliphatic heterocycles. The van der Waals surface area contributed by atoms with Crippen molar-refractivity contribution in [2.45, 2.75) is 38.8 Å². The zero-order valence-electron chi connectivity index (χ0n) is 13.5. The summed E-state index contributed by atoms with van der Waals surface area (Å²) in [5, 5.41) is 8.80. The van der Waals surface area contributed by atoms with Gasteiger partial charge in [0.1, 0.15) is 6.54 Å². The van der Waals surface area contributed by atoms with Crippen molar-refractivity contribution in [1.29, 1.82) is 0 Å². The molecule has 124 valence electrons. The highest BCUT2D eigenvalue weighted by Crippen LogP contribution is 2.22. The Balaban J connectivity index is 1.52. The van der Waals surface area contributed by atoms with Gasteiger partial charge in [0, 0.05) is 24.5 Å². The molecule has 1 fully saturated rings. The standard InChI is InChI=1S/C17H23ClN4O/c1-13-5-2-3-9-21(13)10-8-19-17(23)12-22-16-7-4-6-15(18)14(16)11-20-22/h4,6-7,11,13H,2-3,5,8-10,12H2,1H3,(H,19,23). The van der Waals surface area contributed by atoms with Gasteiger partial charge < -0.3 is 5.32 Å². The Labute approximate surface area is 141 Å². The first-order chi connectivity index (χ1) is 11.1. The molecule has 2 heterocycles. The fraction of sp³-hybridized carbons (Fsp3) is 0.529. The Morgan fingerprint density at radius 2 is 2.30 bits per heavy atom. The van der Waals surface area contributed by atoms with E-state index < -0.39 is 0 Å². The second kappa shape index (κ2) is 7.32. The lowest BCUT2D eigenvalue weighted by atomic mass is 10.0. The molecule has 0 bridgehead atoms. The lowest BCUT2D eigenvalue weighted by molar-refractivity contribution is -0.121. The van der Waals surface area contributed by atoms with Crippen LogP contribution in [0.5, 0.6) is 0 Å². The van der Waals surface area contributed by atoms with Gasteiger partial charge in [0.2, 0.25) is 5.91 Å². The predicted molar refractivity (Wildman–Crippen MR) is 92.6 cm³/mol. The maximum absolute atomic E-state index is 12.1. The van der Waals surface area contributed by atoms with Crippen LogP contribution >= 0.6 is 11.6 Å². The number of benzene rings is 1. The number of carbonyl (C=O) groups excluding carboxylic acids is 1. The van der Waals surface area contributed by atoms with Gasteiger partial charge in [-0.2, -0.15) is 5.10 Å². The molecule has 23 heavy (non-hydrogen) atoms. The minimum atomic E-state index is -0.0142. The lowest BCUT2D eigenvalue weighted by Gasteiger charge is -2.33. The molecule has 1 N–H and O–H groups in total. The Hall–Kier alpha value is -1.59. The third-order valence-electron chi connectivity index (χ3n) is 4.59. The van der Waals surface area contributed by atoms with Gasteiger partial charge in [0.05, 0.1) is 16.7 Å². The molecule has 2 aromatic rings. The Bertz CT molecular complexity index is 684. The van der Waals surface area contributed by atoms with E-state index in [1.807, 2.05) is 18.2 Å². The minimum absolute atomic E-state index is 0.0142. The van der Waals surface area contributed by atoms with Crippen LogP contribution in [0.2, 0.25) is 5.02 Å². The SMILES string of the molecule is CC1CCCCN1CCNC(=O)Cn1ncc2c(Cl)cccc21. The zero-order chi connectivity index (χ0) is 16.2. The molecule has 0 saturated carbocycles. The Kier molecular flexibility index (Phi) is 5.18. The normalized spacial score (nSPS) is 19.1. The number of hydrogen-bond donors (Lipinski definition) is 1. The van der Waals surface area contributed by atoms with Crippen LogP contribution in [-0.4, -0.2) is 46.3 Å². The van der Waals surface area contributed by atoms with Crippen LogP contribution in [0, 0.1) is 0 Å². The fourth-order valence-electron chi connectivity index (χ4n) is 3.21. The quantitative estimate of drug-likeness (QED) is 0.914. The van der Waals surface area contributed by atoms with Gasteiger partial charge in [0.25, 0.3) is 0 Å². The number of nitrogens with zero attached hydrogens (tertiary/aromatic N) is 3. The zero-order valence-corrected chi connectivity index (χ0v) is 14.2. The number of aromatic nitrogens is 2. The van der Waals surface area contributed by atoms with Crippen molar-refractivity contribution in [3.8, 4) is 0 Å². The fourth-order valence-corrected chi connectivity index (χ4v) is 3.43. The molecule has 1 aromatic carbocycles. The van der Waals surface area contributed by atoms with Crippen molar-refractivity contribution in [2.75, 3.05) is 19.6 Å².